The Morgan fingerprint density at radius 2 is 1.23 bits per heavy atom. The molecule has 31 heavy (non-hydrogen) atoms. The number of alkyl halides is 9. The molecule has 0 aromatic rings. The summed E-state index contributed by atoms with van der Waals surface area (Å²) in [6.45, 7) is 1.46. The van der Waals surface area contributed by atoms with Gasteiger partial charge in [-0.15, -0.1) is 0 Å². The zero-order valence-corrected chi connectivity index (χ0v) is 17.9. The van der Waals surface area contributed by atoms with E-state index in [1.54, 1.807) is 0 Å². The first-order valence-corrected chi connectivity index (χ1v) is 14.8. The van der Waals surface area contributed by atoms with E-state index in [-0.39, 0.29) is 12.8 Å². The SMILES string of the molecule is CCCCCC[I+](F)(F)(F)(F)C1(F)C(F)=C(F)C(F)(F)C(F)(F)C1(F)F.O=S(=O)([O-])O. The first kappa shape index (κ1) is 30.4. The molecule has 0 amide bonds. The predicted octanol–water partition coefficient (Wildman–Crippen LogP) is 3.08. The minimum absolute atomic E-state index is 0.0270. The van der Waals surface area contributed by atoms with Gasteiger partial charge < -0.3 is 4.55 Å². The van der Waals surface area contributed by atoms with E-state index in [0.717, 1.165) is 0 Å². The van der Waals surface area contributed by atoms with Gasteiger partial charge in [0.15, 0.2) is 0 Å². The van der Waals surface area contributed by atoms with Crippen molar-refractivity contribution >= 4 is 10.4 Å². The van der Waals surface area contributed by atoms with Gasteiger partial charge in [-0.25, -0.2) is 8.42 Å². The summed E-state index contributed by atoms with van der Waals surface area (Å²) < 4.78 is 198. The van der Waals surface area contributed by atoms with Crippen LogP contribution in [-0.2, 0) is 10.4 Å². The molecule has 0 saturated carbocycles. The van der Waals surface area contributed by atoms with Gasteiger partial charge in [0.25, 0.3) is 0 Å². The van der Waals surface area contributed by atoms with Gasteiger partial charge in [0, 0.05) is 0 Å². The van der Waals surface area contributed by atoms with Gasteiger partial charge in [0.1, 0.15) is 0 Å². The fourth-order valence-corrected chi connectivity index (χ4v) is 8.26. The van der Waals surface area contributed by atoms with Crippen molar-refractivity contribution in [2.45, 2.75) is 54.1 Å². The molecule has 1 atom stereocenters. The second kappa shape index (κ2) is 7.74. The third-order valence-corrected chi connectivity index (χ3v) is 11.3. The van der Waals surface area contributed by atoms with E-state index in [1.165, 1.54) is 6.92 Å². The first-order chi connectivity index (χ1) is 13.1. The molecule has 0 aromatic heterocycles. The van der Waals surface area contributed by atoms with E-state index in [0.29, 0.717) is 0 Å². The molecule has 1 aliphatic rings. The van der Waals surface area contributed by atoms with Crippen LogP contribution in [-0.4, -0.2) is 43.4 Å². The van der Waals surface area contributed by atoms with Crippen LogP contribution >= 0.6 is 0 Å². The van der Waals surface area contributed by atoms with E-state index >= 15 is 0 Å². The molecular formula is C12H14F13IO4S. The van der Waals surface area contributed by atoms with Crippen molar-refractivity contribution in [2.75, 3.05) is 4.43 Å². The summed E-state index contributed by atoms with van der Waals surface area (Å²) in [5, 5.41) is 0. The summed E-state index contributed by atoms with van der Waals surface area (Å²) in [6, 6.07) is 0. The Bertz CT molecular complexity index is 827. The normalized spacial score (nSPS) is 27.6. The monoisotopic (exact) mass is 628 g/mol. The average Bonchev–Trinajstić information content (AvgIpc) is 2.52. The van der Waals surface area contributed by atoms with Crippen LogP contribution in [0.25, 0.3) is 0 Å². The molecule has 4 nitrogen and oxygen atoms in total. The topological polar surface area (TPSA) is 77.4 Å². The summed E-state index contributed by atoms with van der Waals surface area (Å²) in [6.07, 6.45) is -1.70. The van der Waals surface area contributed by atoms with Crippen LogP contribution in [0.1, 0.15) is 32.6 Å². The Labute approximate surface area is 167 Å². The molecule has 190 valence electrons. The number of unbranched alkanes of at least 4 members (excludes halogenated alkanes) is 3. The molecule has 0 bridgehead atoms. The summed E-state index contributed by atoms with van der Waals surface area (Å²) in [4.78, 5) is 0. The largest absolute Gasteiger partial charge is 0.726 e. The molecule has 1 aliphatic carbocycles. The van der Waals surface area contributed by atoms with E-state index in [2.05, 4.69) is 0 Å². The van der Waals surface area contributed by atoms with Gasteiger partial charge in [0.05, 0.1) is 0 Å². The maximum absolute atomic E-state index is 14.2. The van der Waals surface area contributed by atoms with Crippen LogP contribution in [0.2, 0.25) is 0 Å². The maximum atomic E-state index is 14.2. The van der Waals surface area contributed by atoms with Crippen LogP contribution < -0.4 is 18.0 Å². The maximum Gasteiger partial charge on any atom is 0.215 e. The van der Waals surface area contributed by atoms with Crippen LogP contribution in [0.4, 0.5) is 51.0 Å². The van der Waals surface area contributed by atoms with E-state index in [4.69, 9.17) is 17.5 Å². The van der Waals surface area contributed by atoms with Gasteiger partial charge >= 0.3 is 139 Å². The van der Waals surface area contributed by atoms with Gasteiger partial charge in [0.2, 0.25) is 10.4 Å². The predicted molar refractivity (Wildman–Crippen MR) is 73.7 cm³/mol. The van der Waals surface area contributed by atoms with Gasteiger partial charge in [-0.3, -0.25) is 4.55 Å². The van der Waals surface area contributed by atoms with Gasteiger partial charge in [-0.2, -0.15) is 0 Å². The molecular weight excluding hydrogens is 614 g/mol. The number of rotatable bonds is 6. The van der Waals surface area contributed by atoms with Crippen LogP contribution in [0.15, 0.2) is 11.7 Å². The molecule has 0 heterocycles. The minimum atomic E-state index is -12.2. The van der Waals surface area contributed by atoms with E-state index < -0.39 is 78.7 Å². The van der Waals surface area contributed by atoms with E-state index in [9.17, 15) is 51.0 Å². The number of hydrogen-bond acceptors (Lipinski definition) is 3. The summed E-state index contributed by atoms with van der Waals surface area (Å²) in [7, 11) is -4.92. The smallest absolute Gasteiger partial charge is 0.215 e. The minimum Gasteiger partial charge on any atom is -0.726 e. The second-order valence-electron chi connectivity index (χ2n) is 6.25. The van der Waals surface area contributed by atoms with Crippen molar-refractivity contribution in [3.63, 3.8) is 0 Å². The molecule has 1 unspecified atom stereocenters. The third-order valence-electron chi connectivity index (χ3n) is 3.87. The molecule has 0 aromatic carbocycles. The molecule has 0 spiro atoms. The van der Waals surface area contributed by atoms with Gasteiger partial charge in [-0.1, -0.05) is 0 Å². The summed E-state index contributed by atoms with van der Waals surface area (Å²) >= 11 is -12.2. The van der Waals surface area contributed by atoms with Crippen molar-refractivity contribution in [2.24, 2.45) is 0 Å². The Hall–Kier alpha value is -0.570. The Kier molecular flexibility index (Phi) is 7.60. The second-order valence-corrected chi connectivity index (χ2v) is 16.2. The Morgan fingerprint density at radius 1 is 0.839 bits per heavy atom. The Morgan fingerprint density at radius 3 is 1.58 bits per heavy atom. The van der Waals surface area contributed by atoms with Crippen molar-refractivity contribution < 1.29 is 86.4 Å². The fraction of sp³-hybridized carbons (Fsp3) is 0.833. The van der Waals surface area contributed by atoms with E-state index in [1.807, 2.05) is 0 Å². The zero-order chi connectivity index (χ0) is 25.6. The molecule has 19 heteroatoms. The zero-order valence-electron chi connectivity index (χ0n) is 14.9. The van der Waals surface area contributed by atoms with Crippen LogP contribution in [0, 0.1) is 0 Å². The molecule has 0 aliphatic heterocycles. The van der Waals surface area contributed by atoms with Crippen molar-refractivity contribution in [3.05, 3.63) is 11.7 Å². The van der Waals surface area contributed by atoms with Gasteiger partial charge in [-0.05, 0) is 0 Å². The quantitative estimate of drug-likeness (QED) is 0.123. The van der Waals surface area contributed by atoms with Crippen molar-refractivity contribution in [3.8, 4) is 0 Å². The Balaban J connectivity index is 0.00000161. The third kappa shape index (κ3) is 5.02. The molecule has 1 N–H and O–H groups in total. The van der Waals surface area contributed by atoms with Crippen LogP contribution in [0.5, 0.6) is 0 Å². The average molecular weight is 628 g/mol. The van der Waals surface area contributed by atoms with Crippen LogP contribution in [0.3, 0.4) is 0 Å². The standard InChI is InChI=1S/C12H13F13I.H2O4S/c1-2-3-4-5-6-26(22,23,24,25)10(17)8(14)7(13)9(15,16)11(18,19)12(10,20)21;1-5(2,3)4/h2-6H2,1H3;(H2,1,2,3,4)/q+1;/p-1. The number of halogens is 14. The molecule has 0 radical (unpaired) electrons. The first-order valence-electron chi connectivity index (χ1n) is 7.62. The fourth-order valence-electron chi connectivity index (χ4n) is 2.31. The van der Waals surface area contributed by atoms with Crippen molar-refractivity contribution in [1.82, 2.24) is 0 Å². The number of allylic oxidation sites excluding steroid dienone is 2. The molecule has 1 rings (SSSR count). The summed E-state index contributed by atoms with van der Waals surface area (Å²) in [5.41, 5.74) is 0. The van der Waals surface area contributed by atoms with Crippen molar-refractivity contribution in [1.29, 1.82) is 0 Å². The molecule has 0 saturated heterocycles. The molecule has 0 fully saturated rings. The number of hydrogen-bond donors (Lipinski definition) is 1. The summed E-state index contributed by atoms with van der Waals surface area (Å²) in [5.74, 6) is -30.8.